The molecule has 2 N–H and O–H groups in total. The number of hydrogen-bond acceptors (Lipinski definition) is 3. The maximum atomic E-state index is 12.0. The SMILES string of the molecule is Cc1nn(C)cc1[C@@H]1NC(=O)c2ccccc2N1. The van der Waals surface area contributed by atoms with E-state index in [1.807, 2.05) is 44.4 Å². The highest BCUT2D eigenvalue weighted by Gasteiger charge is 2.26. The van der Waals surface area contributed by atoms with Crippen LogP contribution in [0.25, 0.3) is 0 Å². The van der Waals surface area contributed by atoms with Crippen LogP contribution in [-0.4, -0.2) is 15.7 Å². The second kappa shape index (κ2) is 3.87. The van der Waals surface area contributed by atoms with Gasteiger partial charge in [-0.2, -0.15) is 5.10 Å². The van der Waals surface area contributed by atoms with E-state index in [0.29, 0.717) is 5.56 Å². The van der Waals surface area contributed by atoms with Crippen LogP contribution < -0.4 is 10.6 Å². The van der Waals surface area contributed by atoms with Crippen molar-refractivity contribution in [3.05, 3.63) is 47.3 Å². The Morgan fingerprint density at radius 2 is 2.06 bits per heavy atom. The predicted molar refractivity (Wildman–Crippen MR) is 68.2 cm³/mol. The Kier molecular flexibility index (Phi) is 2.33. The summed E-state index contributed by atoms with van der Waals surface area (Å²) in [5.74, 6) is -0.0578. The predicted octanol–water partition coefficient (Wildman–Crippen LogP) is 1.58. The Hall–Kier alpha value is -2.30. The summed E-state index contributed by atoms with van der Waals surface area (Å²) in [5, 5.41) is 10.5. The van der Waals surface area contributed by atoms with Crippen molar-refractivity contribution in [3.63, 3.8) is 0 Å². The van der Waals surface area contributed by atoms with Gasteiger partial charge in [-0.3, -0.25) is 9.48 Å². The third-order valence-electron chi connectivity index (χ3n) is 3.11. The zero-order valence-corrected chi connectivity index (χ0v) is 10.3. The molecule has 0 unspecified atom stereocenters. The minimum atomic E-state index is -0.221. The number of nitrogens with zero attached hydrogens (tertiary/aromatic N) is 2. The van der Waals surface area contributed by atoms with Crippen LogP contribution in [0, 0.1) is 6.92 Å². The zero-order valence-electron chi connectivity index (χ0n) is 10.3. The fourth-order valence-electron chi connectivity index (χ4n) is 2.26. The van der Waals surface area contributed by atoms with E-state index in [1.165, 1.54) is 0 Å². The minimum absolute atomic E-state index is 0.0578. The number of nitrogens with one attached hydrogen (secondary N) is 2. The molecule has 3 rings (SSSR count). The summed E-state index contributed by atoms with van der Waals surface area (Å²) in [5.41, 5.74) is 3.43. The summed E-state index contributed by atoms with van der Waals surface area (Å²) in [6.45, 7) is 1.93. The molecule has 18 heavy (non-hydrogen) atoms. The number of fused-ring (bicyclic) bond motifs is 1. The maximum absolute atomic E-state index is 12.0. The van der Waals surface area contributed by atoms with E-state index in [0.717, 1.165) is 16.9 Å². The molecule has 0 saturated carbocycles. The number of rotatable bonds is 1. The molecule has 1 amide bonds. The molecule has 2 aromatic rings. The van der Waals surface area contributed by atoms with Gasteiger partial charge in [0, 0.05) is 24.5 Å². The molecule has 0 saturated heterocycles. The minimum Gasteiger partial charge on any atom is -0.361 e. The normalized spacial score (nSPS) is 17.9. The Labute approximate surface area is 105 Å². The van der Waals surface area contributed by atoms with Crippen LogP contribution in [0.4, 0.5) is 5.69 Å². The fourth-order valence-corrected chi connectivity index (χ4v) is 2.26. The smallest absolute Gasteiger partial charge is 0.255 e. The number of benzene rings is 1. The van der Waals surface area contributed by atoms with Crippen molar-refractivity contribution < 1.29 is 4.79 Å². The van der Waals surface area contributed by atoms with Crippen LogP contribution in [0.2, 0.25) is 0 Å². The highest BCUT2D eigenvalue weighted by atomic mass is 16.2. The van der Waals surface area contributed by atoms with Gasteiger partial charge < -0.3 is 10.6 Å². The van der Waals surface area contributed by atoms with Gasteiger partial charge in [0.25, 0.3) is 5.91 Å². The summed E-state index contributed by atoms with van der Waals surface area (Å²) in [6, 6.07) is 7.49. The molecule has 92 valence electrons. The number of anilines is 1. The third kappa shape index (κ3) is 1.64. The molecule has 1 aromatic carbocycles. The van der Waals surface area contributed by atoms with Gasteiger partial charge in [-0.25, -0.2) is 0 Å². The van der Waals surface area contributed by atoms with Crippen molar-refractivity contribution in [2.75, 3.05) is 5.32 Å². The van der Waals surface area contributed by atoms with E-state index >= 15 is 0 Å². The van der Waals surface area contributed by atoms with Gasteiger partial charge in [0.1, 0.15) is 6.17 Å². The van der Waals surface area contributed by atoms with Crippen molar-refractivity contribution in [1.29, 1.82) is 0 Å². The summed E-state index contributed by atoms with van der Waals surface area (Å²) in [7, 11) is 1.87. The first-order chi connectivity index (χ1) is 8.65. The van der Waals surface area contributed by atoms with E-state index < -0.39 is 0 Å². The molecular weight excluding hydrogens is 228 g/mol. The van der Waals surface area contributed by atoms with Crippen LogP contribution in [0.5, 0.6) is 0 Å². The molecule has 5 nitrogen and oxygen atoms in total. The van der Waals surface area contributed by atoms with E-state index in [1.54, 1.807) is 4.68 Å². The number of para-hydroxylation sites is 1. The molecule has 0 radical (unpaired) electrons. The monoisotopic (exact) mass is 242 g/mol. The summed E-state index contributed by atoms with van der Waals surface area (Å²) >= 11 is 0. The molecule has 2 heterocycles. The molecule has 1 aliphatic rings. The van der Waals surface area contributed by atoms with Gasteiger partial charge in [-0.1, -0.05) is 12.1 Å². The average molecular weight is 242 g/mol. The molecular formula is C13H14N4O. The molecule has 0 aliphatic carbocycles. The van der Waals surface area contributed by atoms with E-state index in [2.05, 4.69) is 15.7 Å². The summed E-state index contributed by atoms with van der Waals surface area (Å²) in [6.07, 6.45) is 1.70. The van der Waals surface area contributed by atoms with Gasteiger partial charge in [0.2, 0.25) is 0 Å². The van der Waals surface area contributed by atoms with Crippen molar-refractivity contribution >= 4 is 11.6 Å². The zero-order chi connectivity index (χ0) is 12.7. The lowest BCUT2D eigenvalue weighted by molar-refractivity contribution is 0.0935. The topological polar surface area (TPSA) is 59.0 Å². The first kappa shape index (κ1) is 10.8. The highest BCUT2D eigenvalue weighted by Crippen LogP contribution is 2.27. The lowest BCUT2D eigenvalue weighted by atomic mass is 10.1. The molecule has 1 aromatic heterocycles. The largest absolute Gasteiger partial charge is 0.361 e. The first-order valence-corrected chi connectivity index (χ1v) is 5.82. The second-order valence-electron chi connectivity index (χ2n) is 4.44. The lowest BCUT2D eigenvalue weighted by Crippen LogP contribution is -2.38. The maximum Gasteiger partial charge on any atom is 0.255 e. The van der Waals surface area contributed by atoms with Crippen molar-refractivity contribution in [1.82, 2.24) is 15.1 Å². The van der Waals surface area contributed by atoms with E-state index in [4.69, 9.17) is 0 Å². The molecule has 1 aliphatic heterocycles. The fraction of sp³-hybridized carbons (Fsp3) is 0.231. The standard InChI is InChI=1S/C13H14N4O/c1-8-10(7-17(2)16-8)12-14-11-6-4-3-5-9(11)13(18)15-12/h3-7,12,14H,1-2H3,(H,15,18)/t12-/m0/s1. The number of carbonyl (C=O) groups is 1. The number of aryl methyl sites for hydroxylation is 2. The summed E-state index contributed by atoms with van der Waals surface area (Å²) in [4.78, 5) is 12.0. The van der Waals surface area contributed by atoms with E-state index in [9.17, 15) is 4.79 Å². The van der Waals surface area contributed by atoms with E-state index in [-0.39, 0.29) is 12.1 Å². The Morgan fingerprint density at radius 1 is 1.28 bits per heavy atom. The van der Waals surface area contributed by atoms with Crippen LogP contribution in [0.3, 0.4) is 0 Å². The van der Waals surface area contributed by atoms with Gasteiger partial charge in [0.05, 0.1) is 11.3 Å². The van der Waals surface area contributed by atoms with Crippen LogP contribution in [-0.2, 0) is 7.05 Å². The van der Waals surface area contributed by atoms with Crippen molar-refractivity contribution in [2.45, 2.75) is 13.1 Å². The van der Waals surface area contributed by atoms with Crippen molar-refractivity contribution in [2.24, 2.45) is 7.05 Å². The third-order valence-corrected chi connectivity index (χ3v) is 3.11. The second-order valence-corrected chi connectivity index (χ2v) is 4.44. The molecule has 5 heteroatoms. The Bertz CT molecular complexity index is 617. The summed E-state index contributed by atoms with van der Waals surface area (Å²) < 4.78 is 1.75. The Morgan fingerprint density at radius 3 is 2.78 bits per heavy atom. The lowest BCUT2D eigenvalue weighted by Gasteiger charge is -2.27. The van der Waals surface area contributed by atoms with Gasteiger partial charge in [-0.15, -0.1) is 0 Å². The van der Waals surface area contributed by atoms with Gasteiger partial charge >= 0.3 is 0 Å². The van der Waals surface area contributed by atoms with Crippen LogP contribution in [0.15, 0.2) is 30.5 Å². The number of amides is 1. The number of hydrogen-bond donors (Lipinski definition) is 2. The highest BCUT2D eigenvalue weighted by molar-refractivity contribution is 6.01. The molecule has 0 bridgehead atoms. The van der Waals surface area contributed by atoms with Gasteiger partial charge in [0.15, 0.2) is 0 Å². The molecule has 1 atom stereocenters. The van der Waals surface area contributed by atoms with Gasteiger partial charge in [-0.05, 0) is 19.1 Å². The van der Waals surface area contributed by atoms with Crippen LogP contribution in [0.1, 0.15) is 27.8 Å². The molecule has 0 fully saturated rings. The van der Waals surface area contributed by atoms with Crippen molar-refractivity contribution in [3.8, 4) is 0 Å². The first-order valence-electron chi connectivity index (χ1n) is 5.82. The number of carbonyl (C=O) groups excluding carboxylic acids is 1. The quantitative estimate of drug-likeness (QED) is 0.798. The van der Waals surface area contributed by atoms with Crippen LogP contribution >= 0.6 is 0 Å². The average Bonchev–Trinajstić information content (AvgIpc) is 2.68. The molecule has 0 spiro atoms. The Balaban J connectivity index is 1.99. The number of aromatic nitrogens is 2.